The first kappa shape index (κ1) is 19.2. The Morgan fingerprint density at radius 2 is 1.75 bits per heavy atom. The van der Waals surface area contributed by atoms with E-state index >= 15 is 0 Å². The molecule has 0 bridgehead atoms. The van der Waals surface area contributed by atoms with Crippen LogP contribution in [0, 0.1) is 0 Å². The zero-order valence-corrected chi connectivity index (χ0v) is 16.7. The van der Waals surface area contributed by atoms with Crippen molar-refractivity contribution in [2.24, 2.45) is 0 Å². The zero-order valence-electron chi connectivity index (χ0n) is 16.7. The Balaban J connectivity index is 1.21. The number of urea groups is 1. The summed E-state index contributed by atoms with van der Waals surface area (Å²) in [5, 5.41) is 11.7. The van der Waals surface area contributed by atoms with Crippen molar-refractivity contribution in [1.82, 2.24) is 29.9 Å². The summed E-state index contributed by atoms with van der Waals surface area (Å²) in [6, 6.07) is 0.308. The lowest BCUT2D eigenvalue weighted by Crippen LogP contribution is -2.52. The van der Waals surface area contributed by atoms with Crippen molar-refractivity contribution in [1.29, 1.82) is 0 Å². The van der Waals surface area contributed by atoms with Crippen molar-refractivity contribution in [2.45, 2.75) is 76.8 Å². The van der Waals surface area contributed by atoms with E-state index in [1.807, 2.05) is 4.90 Å². The minimum atomic E-state index is -0.000902. The summed E-state index contributed by atoms with van der Waals surface area (Å²) in [6.07, 6.45) is 9.93. The van der Waals surface area contributed by atoms with Gasteiger partial charge in [-0.05, 0) is 38.5 Å². The number of fused-ring (bicyclic) bond motifs is 1. The fourth-order valence-corrected chi connectivity index (χ4v) is 4.72. The monoisotopic (exact) mass is 388 g/mol. The van der Waals surface area contributed by atoms with Gasteiger partial charge in [-0.25, -0.2) is 4.79 Å². The molecule has 2 saturated heterocycles. The summed E-state index contributed by atoms with van der Waals surface area (Å²) in [5.74, 6) is 2.37. The molecule has 3 amide bonds. The predicted molar refractivity (Wildman–Crippen MR) is 105 cm³/mol. The lowest BCUT2D eigenvalue weighted by Gasteiger charge is -2.40. The van der Waals surface area contributed by atoms with Gasteiger partial charge in [0.15, 0.2) is 0 Å². The van der Waals surface area contributed by atoms with Crippen molar-refractivity contribution in [3.63, 3.8) is 0 Å². The second-order valence-electron chi connectivity index (χ2n) is 8.24. The number of rotatable bonds is 4. The highest BCUT2D eigenvalue weighted by atomic mass is 16.2. The molecule has 0 aromatic carbocycles. The first-order valence-corrected chi connectivity index (χ1v) is 11.0. The molecule has 3 aliphatic heterocycles. The predicted octanol–water partition coefficient (Wildman–Crippen LogP) is 1.73. The van der Waals surface area contributed by atoms with Crippen molar-refractivity contribution in [3.05, 3.63) is 11.6 Å². The Kier molecular flexibility index (Phi) is 6.12. The summed E-state index contributed by atoms with van der Waals surface area (Å²) < 4.78 is 2.24. The number of likely N-dealkylation sites (tertiary alicyclic amines) is 2. The van der Waals surface area contributed by atoms with Gasteiger partial charge in [-0.15, -0.1) is 10.2 Å². The Bertz CT molecular complexity index is 695. The summed E-state index contributed by atoms with van der Waals surface area (Å²) in [7, 11) is 0. The maximum Gasteiger partial charge on any atom is 0.317 e. The van der Waals surface area contributed by atoms with Crippen molar-refractivity contribution in [3.8, 4) is 0 Å². The lowest BCUT2D eigenvalue weighted by atomic mass is 10.00. The Morgan fingerprint density at radius 1 is 0.964 bits per heavy atom. The molecule has 0 spiro atoms. The fourth-order valence-electron chi connectivity index (χ4n) is 4.72. The van der Waals surface area contributed by atoms with E-state index in [1.165, 1.54) is 19.3 Å². The molecule has 1 aromatic heterocycles. The molecule has 1 N–H and O–H groups in total. The molecule has 8 nitrogen and oxygen atoms in total. The van der Waals surface area contributed by atoms with Crippen LogP contribution < -0.4 is 5.32 Å². The minimum Gasteiger partial charge on any atom is -0.340 e. The highest BCUT2D eigenvalue weighted by Gasteiger charge is 2.30. The standard InChI is InChI=1S/C20H32N6O2/c27-19-7-3-5-12-25(19)16-9-14-24(15-10-16)20(28)21-11-8-18-23-22-17-6-2-1-4-13-26(17)18/h16H,1-15H2,(H,21,28). The molecule has 1 aromatic rings. The van der Waals surface area contributed by atoms with E-state index in [1.54, 1.807) is 0 Å². The Morgan fingerprint density at radius 3 is 2.57 bits per heavy atom. The number of hydrogen-bond donors (Lipinski definition) is 1. The van der Waals surface area contributed by atoms with Gasteiger partial charge in [0.2, 0.25) is 5.91 Å². The molecule has 8 heteroatoms. The van der Waals surface area contributed by atoms with Gasteiger partial charge in [-0.3, -0.25) is 4.79 Å². The normalized spacial score (nSPS) is 21.4. The summed E-state index contributed by atoms with van der Waals surface area (Å²) >= 11 is 0. The van der Waals surface area contributed by atoms with Crippen LogP contribution in [-0.4, -0.2) is 68.7 Å². The number of hydrogen-bond acceptors (Lipinski definition) is 4. The van der Waals surface area contributed by atoms with Crippen LogP contribution in [-0.2, 0) is 24.2 Å². The van der Waals surface area contributed by atoms with Gasteiger partial charge in [0.1, 0.15) is 11.6 Å². The van der Waals surface area contributed by atoms with Gasteiger partial charge >= 0.3 is 6.03 Å². The summed E-state index contributed by atoms with van der Waals surface area (Å²) in [5.41, 5.74) is 0. The molecule has 4 heterocycles. The third-order valence-corrected chi connectivity index (χ3v) is 6.36. The van der Waals surface area contributed by atoms with E-state index in [0.29, 0.717) is 24.9 Å². The molecule has 2 fully saturated rings. The maximum atomic E-state index is 12.5. The van der Waals surface area contributed by atoms with Crippen molar-refractivity contribution < 1.29 is 9.59 Å². The van der Waals surface area contributed by atoms with Crippen LogP contribution in [0.25, 0.3) is 0 Å². The van der Waals surface area contributed by atoms with Crippen molar-refractivity contribution >= 4 is 11.9 Å². The minimum absolute atomic E-state index is 0.000902. The van der Waals surface area contributed by atoms with E-state index in [2.05, 4.69) is 25.0 Å². The summed E-state index contributed by atoms with van der Waals surface area (Å²) in [4.78, 5) is 28.6. The molecular formula is C20H32N6O2. The Hall–Kier alpha value is -2.12. The molecule has 28 heavy (non-hydrogen) atoms. The van der Waals surface area contributed by atoms with Gasteiger partial charge in [-0.2, -0.15) is 0 Å². The van der Waals surface area contributed by atoms with Crippen LogP contribution in [0.15, 0.2) is 0 Å². The van der Waals surface area contributed by atoms with Gasteiger partial charge in [0.25, 0.3) is 0 Å². The molecule has 0 aliphatic carbocycles. The fraction of sp³-hybridized carbons (Fsp3) is 0.800. The van der Waals surface area contributed by atoms with Gasteiger partial charge in [-0.1, -0.05) is 6.42 Å². The highest BCUT2D eigenvalue weighted by molar-refractivity contribution is 5.77. The number of carbonyl (C=O) groups excluding carboxylic acids is 2. The third kappa shape index (κ3) is 4.31. The zero-order chi connectivity index (χ0) is 19.3. The largest absolute Gasteiger partial charge is 0.340 e. The van der Waals surface area contributed by atoms with Crippen LogP contribution in [0.1, 0.15) is 63.0 Å². The lowest BCUT2D eigenvalue weighted by molar-refractivity contribution is -0.136. The molecule has 0 unspecified atom stereocenters. The molecule has 154 valence electrons. The molecule has 0 atom stereocenters. The van der Waals surface area contributed by atoms with Gasteiger partial charge in [0.05, 0.1) is 0 Å². The number of amides is 3. The van der Waals surface area contributed by atoms with Gasteiger partial charge < -0.3 is 19.7 Å². The topological polar surface area (TPSA) is 83.4 Å². The van der Waals surface area contributed by atoms with E-state index in [-0.39, 0.29) is 6.03 Å². The second kappa shape index (κ2) is 8.92. The highest BCUT2D eigenvalue weighted by Crippen LogP contribution is 2.22. The number of aromatic nitrogens is 3. The molecular weight excluding hydrogens is 356 g/mol. The van der Waals surface area contributed by atoms with Crippen molar-refractivity contribution in [2.75, 3.05) is 26.2 Å². The summed E-state index contributed by atoms with van der Waals surface area (Å²) in [6.45, 7) is 3.91. The van der Waals surface area contributed by atoms with Crippen LogP contribution in [0.4, 0.5) is 4.79 Å². The average molecular weight is 389 g/mol. The van der Waals surface area contributed by atoms with Crippen LogP contribution in [0.5, 0.6) is 0 Å². The SMILES string of the molecule is O=C(NCCc1nnc2n1CCCCC2)N1CCC(N2CCCCC2=O)CC1. The smallest absolute Gasteiger partial charge is 0.317 e. The van der Waals surface area contributed by atoms with E-state index in [0.717, 1.165) is 76.4 Å². The first-order valence-electron chi connectivity index (χ1n) is 11.0. The molecule has 4 rings (SSSR count). The maximum absolute atomic E-state index is 12.5. The first-order chi connectivity index (χ1) is 13.7. The van der Waals surface area contributed by atoms with Gasteiger partial charge in [0, 0.05) is 58.0 Å². The number of aryl methyl sites for hydroxylation is 1. The molecule has 0 saturated carbocycles. The van der Waals surface area contributed by atoms with Crippen LogP contribution in [0.3, 0.4) is 0 Å². The van der Waals surface area contributed by atoms with E-state index in [9.17, 15) is 9.59 Å². The van der Waals surface area contributed by atoms with E-state index in [4.69, 9.17) is 0 Å². The quantitative estimate of drug-likeness (QED) is 0.852. The number of nitrogens with one attached hydrogen (secondary N) is 1. The van der Waals surface area contributed by atoms with E-state index < -0.39 is 0 Å². The molecule has 0 radical (unpaired) electrons. The third-order valence-electron chi connectivity index (χ3n) is 6.36. The molecule has 3 aliphatic rings. The van der Waals surface area contributed by atoms with Crippen LogP contribution >= 0.6 is 0 Å². The number of piperidine rings is 2. The number of nitrogens with zero attached hydrogens (tertiary/aromatic N) is 5. The Labute approximate surface area is 166 Å². The number of carbonyl (C=O) groups is 2. The average Bonchev–Trinajstić information content (AvgIpc) is 2.95. The second-order valence-corrected chi connectivity index (χ2v) is 8.24. The van der Waals surface area contributed by atoms with Crippen LogP contribution in [0.2, 0.25) is 0 Å².